The van der Waals surface area contributed by atoms with Gasteiger partial charge < -0.3 is 15.2 Å². The van der Waals surface area contributed by atoms with Gasteiger partial charge in [-0.25, -0.2) is 9.97 Å². The summed E-state index contributed by atoms with van der Waals surface area (Å²) in [5, 5.41) is 0. The topological polar surface area (TPSA) is 60.0 Å². The predicted octanol–water partition coefficient (Wildman–Crippen LogP) is 2.91. The molecule has 132 valence electrons. The maximum absolute atomic E-state index is 5.88. The second-order valence-electron chi connectivity index (χ2n) is 8.19. The van der Waals surface area contributed by atoms with Crippen LogP contribution in [0.5, 0.6) is 0 Å². The minimum atomic E-state index is 0.609. The van der Waals surface area contributed by atoms with E-state index >= 15 is 0 Å². The molecule has 0 spiro atoms. The highest BCUT2D eigenvalue weighted by atomic mass is 15.2. The van der Waals surface area contributed by atoms with Crippen LogP contribution in [0.1, 0.15) is 37.2 Å². The average molecular weight is 337 g/mol. The lowest BCUT2D eigenvalue weighted by Gasteiger charge is -2.18. The summed E-state index contributed by atoms with van der Waals surface area (Å²) in [5.41, 5.74) is 9.05. The lowest BCUT2D eigenvalue weighted by molar-refractivity contribution is 0.298. The summed E-state index contributed by atoms with van der Waals surface area (Å²) in [6.07, 6.45) is 8.01. The molecule has 5 rings (SSSR count). The summed E-state index contributed by atoms with van der Waals surface area (Å²) in [5.74, 6) is 4.40. The number of nitrogens with zero attached hydrogens (tertiary/aromatic N) is 4. The van der Waals surface area contributed by atoms with Gasteiger partial charge in [0, 0.05) is 43.5 Å². The van der Waals surface area contributed by atoms with E-state index in [2.05, 4.69) is 33.6 Å². The zero-order chi connectivity index (χ0) is 17.1. The highest BCUT2D eigenvalue weighted by Crippen LogP contribution is 2.56. The monoisotopic (exact) mass is 337 g/mol. The number of piperidine rings is 1. The number of hydrogen-bond donors (Lipinski definition) is 1. The molecule has 3 aliphatic rings. The van der Waals surface area contributed by atoms with Crippen molar-refractivity contribution in [2.24, 2.45) is 17.8 Å². The van der Waals surface area contributed by atoms with Gasteiger partial charge >= 0.3 is 0 Å². The van der Waals surface area contributed by atoms with E-state index in [1.807, 2.05) is 13.1 Å². The molecule has 1 unspecified atom stereocenters. The van der Waals surface area contributed by atoms with Crippen LogP contribution >= 0.6 is 0 Å². The lowest BCUT2D eigenvalue weighted by atomic mass is 10.1. The van der Waals surface area contributed by atoms with Gasteiger partial charge in [-0.05, 0) is 55.7 Å². The van der Waals surface area contributed by atoms with E-state index in [0.29, 0.717) is 11.9 Å². The van der Waals surface area contributed by atoms with Crippen molar-refractivity contribution in [1.29, 1.82) is 0 Å². The first-order valence-corrected chi connectivity index (χ1v) is 9.66. The van der Waals surface area contributed by atoms with Crippen LogP contribution in [0.3, 0.4) is 0 Å². The molecule has 0 aromatic carbocycles. The van der Waals surface area contributed by atoms with Crippen LogP contribution in [0, 0.1) is 24.7 Å². The van der Waals surface area contributed by atoms with Gasteiger partial charge in [-0.3, -0.25) is 0 Å². The first-order valence-electron chi connectivity index (χ1n) is 9.66. The maximum atomic E-state index is 5.88. The Kier molecular flexibility index (Phi) is 3.42. The Morgan fingerprint density at radius 3 is 2.64 bits per heavy atom. The van der Waals surface area contributed by atoms with E-state index in [9.17, 15) is 0 Å². The Hall–Kier alpha value is -1.88. The van der Waals surface area contributed by atoms with Gasteiger partial charge in [-0.1, -0.05) is 6.92 Å². The summed E-state index contributed by atoms with van der Waals surface area (Å²) in [4.78, 5) is 11.9. The van der Waals surface area contributed by atoms with E-state index in [0.717, 1.165) is 41.0 Å². The molecule has 0 amide bonds. The second kappa shape index (κ2) is 5.56. The summed E-state index contributed by atoms with van der Waals surface area (Å²) >= 11 is 0. The van der Waals surface area contributed by atoms with Gasteiger partial charge in [-0.2, -0.15) is 0 Å². The van der Waals surface area contributed by atoms with Gasteiger partial charge in [0.2, 0.25) is 0 Å². The van der Waals surface area contributed by atoms with Crippen molar-refractivity contribution in [3.63, 3.8) is 0 Å². The molecule has 0 radical (unpaired) electrons. The molecule has 5 heteroatoms. The van der Waals surface area contributed by atoms with Gasteiger partial charge in [0.15, 0.2) is 0 Å². The minimum Gasteiger partial charge on any atom is -0.383 e. The largest absolute Gasteiger partial charge is 0.383 e. The van der Waals surface area contributed by atoms with Gasteiger partial charge in [0.25, 0.3) is 0 Å². The number of anilines is 1. The molecule has 0 bridgehead atoms. The first-order chi connectivity index (χ1) is 12.1. The molecule has 5 nitrogen and oxygen atoms in total. The Balaban J connectivity index is 1.46. The van der Waals surface area contributed by atoms with Crippen molar-refractivity contribution >= 4 is 5.82 Å². The van der Waals surface area contributed by atoms with Gasteiger partial charge in [0.05, 0.1) is 5.69 Å². The number of pyridine rings is 1. The van der Waals surface area contributed by atoms with E-state index in [-0.39, 0.29) is 0 Å². The Labute approximate surface area is 149 Å². The zero-order valence-electron chi connectivity index (χ0n) is 15.2. The van der Waals surface area contributed by atoms with Crippen molar-refractivity contribution in [3.05, 3.63) is 29.8 Å². The van der Waals surface area contributed by atoms with E-state index in [1.165, 1.54) is 38.3 Å². The molecule has 3 atom stereocenters. The maximum Gasteiger partial charge on any atom is 0.126 e. The summed E-state index contributed by atoms with van der Waals surface area (Å²) in [7, 11) is 0. The normalized spacial score (nSPS) is 28.3. The fourth-order valence-corrected chi connectivity index (χ4v) is 4.54. The van der Waals surface area contributed by atoms with Crippen LogP contribution in [0.2, 0.25) is 0 Å². The summed E-state index contributed by atoms with van der Waals surface area (Å²) in [6, 6.07) is 2.78. The Morgan fingerprint density at radius 2 is 2.00 bits per heavy atom. The molecule has 2 saturated carbocycles. The molecule has 2 N–H and O–H groups in total. The second-order valence-corrected chi connectivity index (χ2v) is 8.19. The van der Waals surface area contributed by atoms with Crippen LogP contribution in [0.25, 0.3) is 11.3 Å². The molecule has 3 heterocycles. The number of hydrogen-bond acceptors (Lipinski definition) is 4. The van der Waals surface area contributed by atoms with E-state index in [1.54, 1.807) is 0 Å². The Bertz CT molecular complexity index is 794. The lowest BCUT2D eigenvalue weighted by Crippen LogP contribution is -2.25. The highest BCUT2D eigenvalue weighted by Gasteiger charge is 2.57. The third-order valence-corrected chi connectivity index (χ3v) is 6.38. The molecule has 3 fully saturated rings. The van der Waals surface area contributed by atoms with Crippen molar-refractivity contribution in [2.75, 3.05) is 25.4 Å². The van der Waals surface area contributed by atoms with Gasteiger partial charge in [-0.15, -0.1) is 0 Å². The van der Waals surface area contributed by atoms with Crippen LogP contribution < -0.4 is 5.73 Å². The van der Waals surface area contributed by atoms with Crippen LogP contribution in [-0.2, 0) is 6.42 Å². The number of fused-ring (bicyclic) bond motifs is 1. The first kappa shape index (κ1) is 15.4. The van der Waals surface area contributed by atoms with Crippen molar-refractivity contribution < 1.29 is 0 Å². The average Bonchev–Trinajstić information content (AvgIpc) is 3.45. The van der Waals surface area contributed by atoms with Gasteiger partial charge in [0.1, 0.15) is 11.6 Å². The highest BCUT2D eigenvalue weighted by molar-refractivity contribution is 5.61. The smallest absolute Gasteiger partial charge is 0.126 e. The van der Waals surface area contributed by atoms with Crippen LogP contribution in [0.4, 0.5) is 5.82 Å². The fourth-order valence-electron chi connectivity index (χ4n) is 4.54. The molecule has 1 aliphatic heterocycles. The number of nitrogen functional groups attached to an aromatic ring is 1. The SMILES string of the molecule is CCN1C[C@@H]2C(n3cc(-c4cnc(N)c(C)c4)nc3CC3CC3)[C@@H]2C1. The van der Waals surface area contributed by atoms with Crippen molar-refractivity contribution in [2.45, 2.75) is 39.2 Å². The van der Waals surface area contributed by atoms with Crippen LogP contribution in [0.15, 0.2) is 18.5 Å². The van der Waals surface area contributed by atoms with Crippen molar-refractivity contribution in [3.8, 4) is 11.3 Å². The fraction of sp³-hybridized carbons (Fsp3) is 0.600. The number of nitrogens with two attached hydrogens (primary N) is 1. The zero-order valence-corrected chi connectivity index (χ0v) is 15.2. The third kappa shape index (κ3) is 2.65. The summed E-state index contributed by atoms with van der Waals surface area (Å²) in [6.45, 7) is 7.97. The number of aromatic nitrogens is 3. The molecular weight excluding hydrogens is 310 g/mol. The molecular formula is C20H27N5. The number of rotatable bonds is 5. The molecule has 1 saturated heterocycles. The van der Waals surface area contributed by atoms with E-state index < -0.39 is 0 Å². The standard InChI is InChI=1S/C20H27N5/c1-3-24-9-15-16(10-24)19(15)25-11-17(23-18(25)7-13-4-5-13)14-6-12(2)20(21)22-8-14/h6,8,11,13,15-16,19H,3-5,7,9-10H2,1-2H3,(H2,21,22)/t15-,16+,19?. The van der Waals surface area contributed by atoms with Crippen LogP contribution in [-0.4, -0.2) is 39.1 Å². The number of imidazole rings is 1. The molecule has 2 aromatic rings. The third-order valence-electron chi connectivity index (χ3n) is 6.38. The number of likely N-dealkylation sites (tertiary alicyclic amines) is 1. The minimum absolute atomic E-state index is 0.609. The summed E-state index contributed by atoms with van der Waals surface area (Å²) < 4.78 is 2.52. The Morgan fingerprint density at radius 1 is 1.24 bits per heavy atom. The molecule has 25 heavy (non-hydrogen) atoms. The predicted molar refractivity (Wildman–Crippen MR) is 99.2 cm³/mol. The van der Waals surface area contributed by atoms with E-state index in [4.69, 9.17) is 10.7 Å². The molecule has 2 aromatic heterocycles. The molecule has 2 aliphatic carbocycles. The van der Waals surface area contributed by atoms with Crippen molar-refractivity contribution in [1.82, 2.24) is 19.4 Å². The quantitative estimate of drug-likeness (QED) is 0.911. The number of aryl methyl sites for hydroxylation is 1.